The SMILES string of the molecule is CC(Cl)CCCNc1ccc2c(n1)CCC2. The van der Waals surface area contributed by atoms with Crippen LogP contribution in [0.1, 0.15) is 37.4 Å². The summed E-state index contributed by atoms with van der Waals surface area (Å²) in [6.45, 7) is 3.00. The topological polar surface area (TPSA) is 24.9 Å². The van der Waals surface area contributed by atoms with E-state index in [1.165, 1.54) is 24.1 Å². The summed E-state index contributed by atoms with van der Waals surface area (Å²) in [5.41, 5.74) is 2.72. The molecule has 1 N–H and O–H groups in total. The van der Waals surface area contributed by atoms with Crippen LogP contribution in [0.4, 0.5) is 5.82 Å². The van der Waals surface area contributed by atoms with Gasteiger partial charge in [0.25, 0.3) is 0 Å². The number of nitrogens with zero attached hydrogens (tertiary/aromatic N) is 1. The Morgan fingerprint density at radius 1 is 1.44 bits per heavy atom. The van der Waals surface area contributed by atoms with Crippen LogP contribution in [0.3, 0.4) is 0 Å². The lowest BCUT2D eigenvalue weighted by Crippen LogP contribution is -2.06. The molecule has 1 heterocycles. The fourth-order valence-corrected chi connectivity index (χ4v) is 2.27. The number of rotatable bonds is 5. The van der Waals surface area contributed by atoms with Crippen molar-refractivity contribution in [3.05, 3.63) is 23.4 Å². The molecule has 0 saturated carbocycles. The van der Waals surface area contributed by atoms with Gasteiger partial charge >= 0.3 is 0 Å². The van der Waals surface area contributed by atoms with E-state index in [4.69, 9.17) is 11.6 Å². The van der Waals surface area contributed by atoms with Gasteiger partial charge in [-0.3, -0.25) is 0 Å². The molecule has 1 aromatic heterocycles. The van der Waals surface area contributed by atoms with Gasteiger partial charge in [0.05, 0.1) is 0 Å². The van der Waals surface area contributed by atoms with Gasteiger partial charge < -0.3 is 5.32 Å². The third kappa shape index (κ3) is 3.11. The molecule has 3 heteroatoms. The number of aromatic nitrogens is 1. The lowest BCUT2D eigenvalue weighted by molar-refractivity contribution is 0.748. The lowest BCUT2D eigenvalue weighted by atomic mass is 10.2. The Morgan fingerprint density at radius 3 is 3.12 bits per heavy atom. The van der Waals surface area contributed by atoms with Crippen molar-refractivity contribution in [3.8, 4) is 0 Å². The van der Waals surface area contributed by atoms with Gasteiger partial charge in [-0.2, -0.15) is 0 Å². The Hall–Kier alpha value is -0.760. The van der Waals surface area contributed by atoms with Crippen molar-refractivity contribution in [1.29, 1.82) is 0 Å². The Bertz CT molecular complexity index is 350. The monoisotopic (exact) mass is 238 g/mol. The van der Waals surface area contributed by atoms with E-state index >= 15 is 0 Å². The summed E-state index contributed by atoms with van der Waals surface area (Å²) >= 11 is 5.89. The Morgan fingerprint density at radius 2 is 2.31 bits per heavy atom. The van der Waals surface area contributed by atoms with E-state index in [0.29, 0.717) is 0 Å². The number of aryl methyl sites for hydroxylation is 2. The number of anilines is 1. The number of hydrogen-bond donors (Lipinski definition) is 1. The van der Waals surface area contributed by atoms with Crippen LogP contribution in [0.15, 0.2) is 12.1 Å². The van der Waals surface area contributed by atoms with Crippen LogP contribution >= 0.6 is 11.6 Å². The average molecular weight is 239 g/mol. The smallest absolute Gasteiger partial charge is 0.126 e. The van der Waals surface area contributed by atoms with Crippen molar-refractivity contribution in [2.75, 3.05) is 11.9 Å². The summed E-state index contributed by atoms with van der Waals surface area (Å²) in [7, 11) is 0. The van der Waals surface area contributed by atoms with Gasteiger partial charge in [-0.25, -0.2) is 4.98 Å². The molecule has 0 radical (unpaired) electrons. The Labute approximate surface area is 102 Å². The van der Waals surface area contributed by atoms with E-state index in [2.05, 4.69) is 22.4 Å². The number of pyridine rings is 1. The lowest BCUT2D eigenvalue weighted by Gasteiger charge is -2.08. The molecule has 2 nitrogen and oxygen atoms in total. The summed E-state index contributed by atoms with van der Waals surface area (Å²) in [6.07, 6.45) is 5.76. The zero-order chi connectivity index (χ0) is 11.4. The minimum Gasteiger partial charge on any atom is -0.370 e. The highest BCUT2D eigenvalue weighted by atomic mass is 35.5. The van der Waals surface area contributed by atoms with Crippen LogP contribution in [0, 0.1) is 0 Å². The maximum atomic E-state index is 5.89. The van der Waals surface area contributed by atoms with Gasteiger partial charge in [-0.15, -0.1) is 11.6 Å². The number of hydrogen-bond acceptors (Lipinski definition) is 2. The van der Waals surface area contributed by atoms with Gasteiger partial charge in [0, 0.05) is 17.6 Å². The standard InChI is InChI=1S/C13H19ClN2/c1-10(14)4-3-9-15-13-8-7-11-5-2-6-12(11)16-13/h7-8,10H,2-6,9H2,1H3,(H,15,16). The molecular formula is C13H19ClN2. The van der Waals surface area contributed by atoms with E-state index in [1.54, 1.807) is 0 Å². The number of halogens is 1. The van der Waals surface area contributed by atoms with E-state index in [9.17, 15) is 0 Å². The van der Waals surface area contributed by atoms with Crippen LogP contribution in [0.2, 0.25) is 0 Å². The first-order valence-electron chi connectivity index (χ1n) is 6.12. The molecule has 0 aromatic carbocycles. The molecule has 0 amide bonds. The second-order valence-electron chi connectivity index (χ2n) is 4.51. The van der Waals surface area contributed by atoms with Crippen LogP contribution in [0.5, 0.6) is 0 Å². The molecule has 0 bridgehead atoms. The van der Waals surface area contributed by atoms with Crippen molar-refractivity contribution in [2.45, 2.75) is 44.4 Å². The molecule has 1 aliphatic rings. The van der Waals surface area contributed by atoms with Crippen LogP contribution in [-0.2, 0) is 12.8 Å². The second-order valence-corrected chi connectivity index (χ2v) is 5.25. The zero-order valence-corrected chi connectivity index (χ0v) is 10.6. The highest BCUT2D eigenvalue weighted by Crippen LogP contribution is 2.21. The average Bonchev–Trinajstić information content (AvgIpc) is 2.71. The predicted octanol–water partition coefficient (Wildman–Crippen LogP) is 3.39. The highest BCUT2D eigenvalue weighted by Gasteiger charge is 2.11. The maximum absolute atomic E-state index is 5.89. The van der Waals surface area contributed by atoms with Gasteiger partial charge in [-0.05, 0) is 50.7 Å². The van der Waals surface area contributed by atoms with Crippen molar-refractivity contribution in [3.63, 3.8) is 0 Å². The van der Waals surface area contributed by atoms with Crippen molar-refractivity contribution in [2.24, 2.45) is 0 Å². The van der Waals surface area contributed by atoms with E-state index in [-0.39, 0.29) is 5.38 Å². The minimum absolute atomic E-state index is 0.273. The molecule has 2 rings (SSSR count). The predicted molar refractivity (Wildman–Crippen MR) is 69.3 cm³/mol. The van der Waals surface area contributed by atoms with Crippen molar-refractivity contribution < 1.29 is 0 Å². The third-order valence-corrected chi connectivity index (χ3v) is 3.23. The molecule has 88 valence electrons. The first kappa shape index (κ1) is 11.7. The van der Waals surface area contributed by atoms with E-state index in [0.717, 1.165) is 31.6 Å². The van der Waals surface area contributed by atoms with Gasteiger partial charge in [0.2, 0.25) is 0 Å². The van der Waals surface area contributed by atoms with E-state index in [1.807, 2.05) is 6.92 Å². The molecule has 1 aromatic rings. The summed E-state index contributed by atoms with van der Waals surface area (Å²) in [5, 5.41) is 3.63. The molecule has 1 aliphatic carbocycles. The van der Waals surface area contributed by atoms with Crippen LogP contribution in [0.25, 0.3) is 0 Å². The van der Waals surface area contributed by atoms with Gasteiger partial charge in [-0.1, -0.05) is 6.07 Å². The third-order valence-electron chi connectivity index (χ3n) is 3.01. The van der Waals surface area contributed by atoms with Crippen molar-refractivity contribution >= 4 is 17.4 Å². The largest absolute Gasteiger partial charge is 0.370 e. The summed E-state index contributed by atoms with van der Waals surface area (Å²) in [6, 6.07) is 4.30. The van der Waals surface area contributed by atoms with Gasteiger partial charge in [0.1, 0.15) is 5.82 Å². The number of alkyl halides is 1. The Balaban J connectivity index is 1.81. The minimum atomic E-state index is 0.273. The van der Waals surface area contributed by atoms with Crippen LogP contribution in [-0.4, -0.2) is 16.9 Å². The first-order valence-corrected chi connectivity index (χ1v) is 6.56. The molecule has 16 heavy (non-hydrogen) atoms. The first-order chi connectivity index (χ1) is 7.75. The maximum Gasteiger partial charge on any atom is 0.126 e. The molecule has 1 atom stereocenters. The fourth-order valence-electron chi connectivity index (χ4n) is 2.12. The second kappa shape index (κ2) is 5.53. The highest BCUT2D eigenvalue weighted by molar-refractivity contribution is 6.20. The summed E-state index contributed by atoms with van der Waals surface area (Å²) in [5.74, 6) is 1.02. The fraction of sp³-hybridized carbons (Fsp3) is 0.615. The van der Waals surface area contributed by atoms with Crippen LogP contribution < -0.4 is 5.32 Å². The van der Waals surface area contributed by atoms with Crippen molar-refractivity contribution in [1.82, 2.24) is 4.98 Å². The molecule has 0 saturated heterocycles. The summed E-state index contributed by atoms with van der Waals surface area (Å²) < 4.78 is 0. The number of fused-ring (bicyclic) bond motifs is 1. The Kier molecular flexibility index (Phi) is 4.05. The number of nitrogens with one attached hydrogen (secondary N) is 1. The summed E-state index contributed by atoms with van der Waals surface area (Å²) in [4.78, 5) is 4.63. The molecule has 1 unspecified atom stereocenters. The van der Waals surface area contributed by atoms with Gasteiger partial charge in [0.15, 0.2) is 0 Å². The molecular weight excluding hydrogens is 220 g/mol. The molecule has 0 fully saturated rings. The van der Waals surface area contributed by atoms with E-state index < -0.39 is 0 Å². The quantitative estimate of drug-likeness (QED) is 0.628. The normalized spacial score (nSPS) is 15.9. The molecule has 0 aliphatic heterocycles. The zero-order valence-electron chi connectivity index (χ0n) is 9.80. The molecule has 0 spiro atoms.